The fourth-order valence-corrected chi connectivity index (χ4v) is 2.23. The first kappa shape index (κ1) is 13.2. The average Bonchev–Trinajstić information content (AvgIpc) is 2.54. The molecule has 0 aliphatic rings. The molecule has 102 valence electrons. The Kier molecular flexibility index (Phi) is 3.56. The van der Waals surface area contributed by atoms with Crippen molar-refractivity contribution in [1.29, 1.82) is 0 Å². The minimum atomic E-state index is 0.828. The van der Waals surface area contributed by atoms with Crippen molar-refractivity contribution in [2.45, 2.75) is 6.92 Å². The van der Waals surface area contributed by atoms with Crippen LogP contribution in [0.15, 0.2) is 61.6 Å². The highest BCUT2D eigenvalue weighted by Crippen LogP contribution is 2.24. The number of aryl methyl sites for hydroxylation is 1. The number of benzene rings is 1. The topological polar surface area (TPSA) is 38.7 Å². The van der Waals surface area contributed by atoms with Crippen molar-refractivity contribution in [3.05, 3.63) is 72.7 Å². The summed E-state index contributed by atoms with van der Waals surface area (Å²) >= 11 is 0. The van der Waals surface area contributed by atoms with Crippen LogP contribution < -0.4 is 0 Å². The molecule has 3 nitrogen and oxygen atoms in total. The standard InChI is InChI=1S/C18H15N3/c1-3-4-7-15-13(2)8-9-16-18(15)21-17(12-20-16)14-6-5-10-19-11-14/h3-12H,1H2,2H3/b7-4-. The van der Waals surface area contributed by atoms with E-state index in [9.17, 15) is 0 Å². The zero-order chi connectivity index (χ0) is 14.7. The summed E-state index contributed by atoms with van der Waals surface area (Å²) in [4.78, 5) is 13.4. The molecular formula is C18H15N3. The molecule has 0 fully saturated rings. The molecule has 3 heteroatoms. The van der Waals surface area contributed by atoms with Gasteiger partial charge in [-0.1, -0.05) is 30.9 Å². The van der Waals surface area contributed by atoms with Crippen molar-refractivity contribution >= 4 is 17.1 Å². The van der Waals surface area contributed by atoms with Crippen LogP contribution in [-0.2, 0) is 0 Å². The summed E-state index contributed by atoms with van der Waals surface area (Å²) in [5.74, 6) is 0. The predicted octanol–water partition coefficient (Wildman–Crippen LogP) is 4.20. The first-order chi connectivity index (χ1) is 10.3. The molecule has 0 N–H and O–H groups in total. The van der Waals surface area contributed by atoms with Crippen molar-refractivity contribution in [1.82, 2.24) is 15.0 Å². The second-order valence-electron chi connectivity index (χ2n) is 4.76. The minimum Gasteiger partial charge on any atom is -0.264 e. The molecule has 3 aromatic rings. The molecule has 0 saturated carbocycles. The first-order valence-corrected chi connectivity index (χ1v) is 6.75. The van der Waals surface area contributed by atoms with Crippen LogP contribution in [0.3, 0.4) is 0 Å². The smallest absolute Gasteiger partial charge is 0.0969 e. The molecule has 1 aromatic carbocycles. The maximum atomic E-state index is 4.77. The molecule has 0 unspecified atom stereocenters. The van der Waals surface area contributed by atoms with E-state index in [1.807, 2.05) is 30.4 Å². The van der Waals surface area contributed by atoms with Gasteiger partial charge in [0.1, 0.15) is 0 Å². The van der Waals surface area contributed by atoms with Crippen molar-refractivity contribution in [2.75, 3.05) is 0 Å². The number of pyridine rings is 1. The molecule has 2 heterocycles. The SMILES string of the molecule is C=C/C=C\c1c(C)ccc2ncc(-c3cccnc3)nc12. The molecule has 0 spiro atoms. The minimum absolute atomic E-state index is 0.828. The van der Waals surface area contributed by atoms with Gasteiger partial charge in [-0.25, -0.2) is 4.98 Å². The second-order valence-corrected chi connectivity index (χ2v) is 4.76. The van der Waals surface area contributed by atoms with Crippen molar-refractivity contribution in [3.63, 3.8) is 0 Å². The van der Waals surface area contributed by atoms with Crippen LogP contribution in [-0.4, -0.2) is 15.0 Å². The Hall–Kier alpha value is -2.81. The highest BCUT2D eigenvalue weighted by molar-refractivity contribution is 5.87. The van der Waals surface area contributed by atoms with Gasteiger partial charge in [-0.2, -0.15) is 0 Å². The number of rotatable bonds is 3. The fourth-order valence-electron chi connectivity index (χ4n) is 2.23. The summed E-state index contributed by atoms with van der Waals surface area (Å²) in [7, 11) is 0. The largest absolute Gasteiger partial charge is 0.264 e. The van der Waals surface area contributed by atoms with Gasteiger partial charge >= 0.3 is 0 Å². The Balaban J connectivity index is 2.24. The maximum absolute atomic E-state index is 4.77. The maximum Gasteiger partial charge on any atom is 0.0969 e. The lowest BCUT2D eigenvalue weighted by atomic mass is 10.1. The van der Waals surface area contributed by atoms with E-state index in [4.69, 9.17) is 4.98 Å². The van der Waals surface area contributed by atoms with E-state index in [-0.39, 0.29) is 0 Å². The van der Waals surface area contributed by atoms with Crippen LogP contribution in [0.1, 0.15) is 11.1 Å². The van der Waals surface area contributed by atoms with E-state index in [1.165, 1.54) is 5.56 Å². The molecule has 0 aliphatic heterocycles. The molecule has 0 aliphatic carbocycles. The monoisotopic (exact) mass is 273 g/mol. The summed E-state index contributed by atoms with van der Waals surface area (Å²) in [5.41, 5.74) is 5.82. The summed E-state index contributed by atoms with van der Waals surface area (Å²) in [6, 6.07) is 7.94. The van der Waals surface area contributed by atoms with Gasteiger partial charge in [0.2, 0.25) is 0 Å². The Bertz CT molecular complexity index is 820. The fraction of sp³-hybridized carbons (Fsp3) is 0.0556. The Morgan fingerprint density at radius 2 is 2.05 bits per heavy atom. The van der Waals surface area contributed by atoms with Gasteiger partial charge in [0.15, 0.2) is 0 Å². The highest BCUT2D eigenvalue weighted by atomic mass is 14.8. The van der Waals surface area contributed by atoms with Crippen LogP contribution in [0.5, 0.6) is 0 Å². The first-order valence-electron chi connectivity index (χ1n) is 6.75. The second kappa shape index (κ2) is 5.67. The molecule has 0 amide bonds. The molecular weight excluding hydrogens is 258 g/mol. The molecule has 0 atom stereocenters. The van der Waals surface area contributed by atoms with Gasteiger partial charge in [-0.15, -0.1) is 0 Å². The molecule has 3 rings (SSSR count). The molecule has 21 heavy (non-hydrogen) atoms. The number of fused-ring (bicyclic) bond motifs is 1. The lowest BCUT2D eigenvalue weighted by Crippen LogP contribution is -1.93. The third-order valence-electron chi connectivity index (χ3n) is 3.33. The third-order valence-corrected chi connectivity index (χ3v) is 3.33. The Morgan fingerprint density at radius 3 is 2.81 bits per heavy atom. The van der Waals surface area contributed by atoms with Gasteiger partial charge in [0, 0.05) is 23.5 Å². The van der Waals surface area contributed by atoms with Gasteiger partial charge < -0.3 is 0 Å². The highest BCUT2D eigenvalue weighted by Gasteiger charge is 2.07. The molecule has 0 saturated heterocycles. The third kappa shape index (κ3) is 2.58. The molecule has 0 bridgehead atoms. The average molecular weight is 273 g/mol. The van der Waals surface area contributed by atoms with Gasteiger partial charge in [0.05, 0.1) is 22.9 Å². The van der Waals surface area contributed by atoms with E-state index >= 15 is 0 Å². The van der Waals surface area contributed by atoms with Crippen LogP contribution in [0, 0.1) is 6.92 Å². The van der Waals surface area contributed by atoms with Crippen LogP contribution in [0.4, 0.5) is 0 Å². The van der Waals surface area contributed by atoms with E-state index in [0.717, 1.165) is 27.9 Å². The number of hydrogen-bond donors (Lipinski definition) is 0. The summed E-state index contributed by atoms with van der Waals surface area (Å²) < 4.78 is 0. The predicted molar refractivity (Wildman–Crippen MR) is 86.7 cm³/mol. The van der Waals surface area contributed by atoms with Crippen LogP contribution in [0.25, 0.3) is 28.4 Å². The van der Waals surface area contributed by atoms with E-state index in [0.29, 0.717) is 0 Å². The van der Waals surface area contributed by atoms with Crippen LogP contribution in [0.2, 0.25) is 0 Å². The summed E-state index contributed by atoms with van der Waals surface area (Å²) in [6.07, 6.45) is 11.0. The number of allylic oxidation sites excluding steroid dienone is 2. The normalized spacial score (nSPS) is 11.1. The van der Waals surface area contributed by atoms with Crippen molar-refractivity contribution < 1.29 is 0 Å². The summed E-state index contributed by atoms with van der Waals surface area (Å²) in [5, 5.41) is 0. The lowest BCUT2D eigenvalue weighted by molar-refractivity contribution is 1.25. The summed E-state index contributed by atoms with van der Waals surface area (Å²) in [6.45, 7) is 5.79. The molecule has 0 radical (unpaired) electrons. The van der Waals surface area contributed by atoms with E-state index in [1.54, 1.807) is 24.7 Å². The van der Waals surface area contributed by atoms with Crippen molar-refractivity contribution in [3.8, 4) is 11.3 Å². The Labute approximate surface area is 123 Å². The Morgan fingerprint density at radius 1 is 1.14 bits per heavy atom. The zero-order valence-corrected chi connectivity index (χ0v) is 11.8. The van der Waals surface area contributed by atoms with Crippen molar-refractivity contribution in [2.24, 2.45) is 0 Å². The van der Waals surface area contributed by atoms with Gasteiger partial charge in [0.25, 0.3) is 0 Å². The molecule has 2 aromatic heterocycles. The zero-order valence-electron chi connectivity index (χ0n) is 11.8. The number of nitrogens with zero attached hydrogens (tertiary/aromatic N) is 3. The van der Waals surface area contributed by atoms with Crippen LogP contribution >= 0.6 is 0 Å². The quantitative estimate of drug-likeness (QED) is 0.671. The lowest BCUT2D eigenvalue weighted by Gasteiger charge is -2.07. The number of aromatic nitrogens is 3. The van der Waals surface area contributed by atoms with Gasteiger partial charge in [-0.3, -0.25) is 9.97 Å². The van der Waals surface area contributed by atoms with E-state index < -0.39 is 0 Å². The van der Waals surface area contributed by atoms with E-state index in [2.05, 4.69) is 29.5 Å². The van der Waals surface area contributed by atoms with Gasteiger partial charge in [-0.05, 0) is 30.7 Å². The number of hydrogen-bond acceptors (Lipinski definition) is 3.